The van der Waals surface area contributed by atoms with E-state index in [1.165, 1.54) is 0 Å². The summed E-state index contributed by atoms with van der Waals surface area (Å²) >= 11 is -5.30. The van der Waals surface area contributed by atoms with Crippen molar-refractivity contribution in [3.63, 3.8) is 0 Å². The van der Waals surface area contributed by atoms with Gasteiger partial charge in [-0.3, -0.25) is 0 Å². The Hall–Kier alpha value is -1.68. The Labute approximate surface area is 188 Å². The van der Waals surface area contributed by atoms with Crippen LogP contribution in [-0.4, -0.2) is 29.4 Å². The fraction of sp³-hybridized carbons (Fsp3) is 0.308. The zero-order chi connectivity index (χ0) is 22.6. The third-order valence-electron chi connectivity index (χ3n) is 4.53. The van der Waals surface area contributed by atoms with Crippen molar-refractivity contribution in [2.24, 2.45) is 0 Å². The molecule has 5 heteroatoms. The van der Waals surface area contributed by atoms with Gasteiger partial charge in [0.15, 0.2) is 0 Å². The first-order valence-electron chi connectivity index (χ1n) is 10.5. The van der Waals surface area contributed by atoms with Gasteiger partial charge in [-0.05, 0) is 0 Å². The average Bonchev–Trinajstić information content (AvgIpc) is 2.75. The van der Waals surface area contributed by atoms with Crippen molar-refractivity contribution in [2.75, 3.05) is 0 Å². The average molecular weight is 531 g/mol. The summed E-state index contributed by atoms with van der Waals surface area (Å²) in [7, 11) is 0. The summed E-state index contributed by atoms with van der Waals surface area (Å²) in [4.78, 5) is 12.2. The number of rotatable bonds is 7. The molecule has 166 valence electrons. The Morgan fingerprint density at radius 1 is 0.452 bits per heavy atom. The van der Waals surface area contributed by atoms with Gasteiger partial charge in [-0.2, -0.15) is 0 Å². The molecule has 0 heterocycles. The number of hydrogen-bond donors (Lipinski definition) is 0. The summed E-state index contributed by atoms with van der Waals surface area (Å²) in [6, 6.07) is 30.2. The van der Waals surface area contributed by atoms with Crippen LogP contribution in [-0.2, 0) is 16.1 Å². The molecule has 0 radical (unpaired) electrons. The van der Waals surface area contributed by atoms with Crippen molar-refractivity contribution in [1.82, 2.24) is 0 Å². The molecule has 0 N–H and O–H groups in total. The van der Waals surface area contributed by atoms with Gasteiger partial charge >= 0.3 is 189 Å². The predicted octanol–water partition coefficient (Wildman–Crippen LogP) is 4.60. The van der Waals surface area contributed by atoms with Gasteiger partial charge in [0.2, 0.25) is 0 Å². The molecule has 0 amide bonds. The van der Waals surface area contributed by atoms with E-state index in [1.807, 2.05) is 133 Å². The Kier molecular flexibility index (Phi) is 7.00. The zero-order valence-electron chi connectivity index (χ0n) is 19.2. The molecule has 4 nitrogen and oxygen atoms in total. The molecule has 0 spiro atoms. The Bertz CT molecular complexity index is 840. The molecule has 3 rings (SSSR count). The van der Waals surface area contributed by atoms with Gasteiger partial charge in [0, 0.05) is 0 Å². The second kappa shape index (κ2) is 9.05. The molecule has 0 saturated heterocycles. The molecule has 0 bridgehead atoms. The van der Waals surface area contributed by atoms with Crippen molar-refractivity contribution in [3.8, 4) is 0 Å². The fourth-order valence-corrected chi connectivity index (χ4v) is 15.5. The summed E-state index contributed by atoms with van der Waals surface area (Å²) in [5.41, 5.74) is -1.12. The van der Waals surface area contributed by atoms with Gasteiger partial charge in [-0.25, -0.2) is 0 Å². The maximum atomic E-state index is 6.69. The summed E-state index contributed by atoms with van der Waals surface area (Å²) in [6.45, 7) is 11.8. The molecule has 0 aromatic heterocycles. The first-order valence-corrected chi connectivity index (χ1v) is 16.4. The molecule has 31 heavy (non-hydrogen) atoms. The molecule has 0 atom stereocenters. The van der Waals surface area contributed by atoms with Crippen LogP contribution in [0.15, 0.2) is 91.0 Å². The minimum absolute atomic E-state index is 0.559. The molecule has 3 aromatic carbocycles. The maximum absolute atomic E-state index is 6.69. The van der Waals surface area contributed by atoms with Gasteiger partial charge in [-0.15, -0.1) is 0 Å². The van der Waals surface area contributed by atoms with Gasteiger partial charge in [-0.1, -0.05) is 0 Å². The van der Waals surface area contributed by atoms with Crippen LogP contribution in [0.1, 0.15) is 41.5 Å². The monoisotopic (exact) mass is 530 g/mol. The third-order valence-corrected chi connectivity index (χ3v) is 17.2. The second-order valence-corrected chi connectivity index (χ2v) is 20.2. The quantitative estimate of drug-likeness (QED) is 0.254. The van der Waals surface area contributed by atoms with E-state index >= 15 is 0 Å². The van der Waals surface area contributed by atoms with E-state index in [9.17, 15) is 0 Å². The normalized spacial score (nSPS) is 14.1. The van der Waals surface area contributed by atoms with E-state index in [0.717, 1.165) is 10.5 Å². The molecular weight excluding hydrogens is 498 g/mol. The first-order chi connectivity index (χ1) is 14.6. The Morgan fingerprint density at radius 2 is 0.710 bits per heavy atom. The minimum atomic E-state index is -5.30. The Morgan fingerprint density at radius 3 is 0.935 bits per heavy atom. The zero-order valence-corrected chi connectivity index (χ0v) is 21.8. The van der Waals surface area contributed by atoms with Crippen LogP contribution in [0.3, 0.4) is 0 Å². The van der Waals surface area contributed by atoms with Gasteiger partial charge < -0.3 is 0 Å². The number of benzene rings is 3. The van der Waals surface area contributed by atoms with Gasteiger partial charge in [0.25, 0.3) is 0 Å². The first kappa shape index (κ1) is 24.0. The van der Waals surface area contributed by atoms with E-state index in [-0.39, 0.29) is 0 Å². The van der Waals surface area contributed by atoms with E-state index in [2.05, 4.69) is 0 Å². The number of hydrogen-bond acceptors (Lipinski definition) is 4. The van der Waals surface area contributed by atoms with E-state index in [0.29, 0.717) is 0 Å². The Balaban J connectivity index is 2.44. The van der Waals surface area contributed by atoms with Crippen LogP contribution in [0.4, 0.5) is 0 Å². The molecule has 0 saturated carbocycles. The van der Waals surface area contributed by atoms with Crippen LogP contribution >= 0.6 is 0 Å². The van der Waals surface area contributed by atoms with Gasteiger partial charge in [0.05, 0.1) is 0 Å². The van der Waals surface area contributed by atoms with Crippen molar-refractivity contribution >= 4 is 28.8 Å². The third kappa shape index (κ3) is 5.05. The van der Waals surface area contributed by atoms with E-state index in [1.54, 1.807) is 0 Å². The predicted molar refractivity (Wildman–Crippen MR) is 128 cm³/mol. The van der Waals surface area contributed by atoms with Crippen molar-refractivity contribution in [3.05, 3.63) is 91.0 Å². The van der Waals surface area contributed by atoms with Crippen LogP contribution in [0.25, 0.3) is 0 Å². The fourth-order valence-electron chi connectivity index (χ4n) is 3.18. The summed E-state index contributed by atoms with van der Waals surface area (Å²) in [5, 5.41) is 0. The molecule has 0 aliphatic rings. The van der Waals surface area contributed by atoms with Crippen molar-refractivity contribution in [1.29, 1.82) is 0 Å². The molecule has 0 unspecified atom stereocenters. The molecule has 3 aromatic rings. The second-order valence-electron chi connectivity index (χ2n) is 9.50. The van der Waals surface area contributed by atoms with Crippen LogP contribution in [0.5, 0.6) is 0 Å². The molecule has 0 aliphatic heterocycles. The van der Waals surface area contributed by atoms with E-state index < -0.39 is 29.4 Å². The van der Waals surface area contributed by atoms with Crippen LogP contribution < -0.4 is 10.5 Å². The molecular formula is C26H33O4Sb. The summed E-state index contributed by atoms with van der Waals surface area (Å²) in [6.07, 6.45) is 0. The molecule has 0 aliphatic carbocycles. The van der Waals surface area contributed by atoms with Crippen molar-refractivity contribution < 1.29 is 16.1 Å². The van der Waals surface area contributed by atoms with E-state index in [4.69, 9.17) is 16.1 Å². The standard InChI is InChI=1S/3C6H5.2C4H10O2.Sb/c3*1-2-4-6-5-3-1;2*1-4(2,3)6-5;/h3*1-5H;2*5H,1-3H3;/q;;;;;+2/p-2. The summed E-state index contributed by atoms with van der Waals surface area (Å²) < 4.78 is 16.1. The van der Waals surface area contributed by atoms with Crippen molar-refractivity contribution in [2.45, 2.75) is 52.7 Å². The van der Waals surface area contributed by atoms with Crippen LogP contribution in [0, 0.1) is 0 Å². The molecule has 0 fully saturated rings. The summed E-state index contributed by atoms with van der Waals surface area (Å²) in [5.74, 6) is 0. The van der Waals surface area contributed by atoms with Crippen LogP contribution in [0.2, 0.25) is 0 Å². The SMILES string of the molecule is CC(C)(C)O[O][Sb]([O]OC(C)(C)C)([c]1ccccc1)([c]1ccccc1)[c]1ccccc1. The topological polar surface area (TPSA) is 36.9 Å². The van der Waals surface area contributed by atoms with Gasteiger partial charge in [0.1, 0.15) is 0 Å².